The van der Waals surface area contributed by atoms with Gasteiger partial charge in [0.15, 0.2) is 10.4 Å². The maximum Gasteiger partial charge on any atom is 0.307 e. The Kier molecular flexibility index (Phi) is 5.00. The van der Waals surface area contributed by atoms with Crippen molar-refractivity contribution in [3.05, 3.63) is 49.2 Å². The van der Waals surface area contributed by atoms with Crippen molar-refractivity contribution in [2.24, 2.45) is 5.10 Å². The first kappa shape index (κ1) is 15.3. The summed E-state index contributed by atoms with van der Waals surface area (Å²) in [6, 6.07) is 6.47. The van der Waals surface area contributed by atoms with Crippen molar-refractivity contribution in [3.8, 4) is 5.75 Å². The second-order valence-electron chi connectivity index (χ2n) is 3.63. The Hall–Kier alpha value is -1.12. The molecule has 5 nitrogen and oxygen atoms in total. The fourth-order valence-corrected chi connectivity index (χ4v) is 2.23. The quantitative estimate of drug-likeness (QED) is 0.529. The van der Waals surface area contributed by atoms with E-state index in [0.29, 0.717) is 14.7 Å². The minimum atomic E-state index is -0.496. The van der Waals surface area contributed by atoms with Crippen LogP contribution < -0.4 is 5.43 Å². The lowest BCUT2D eigenvalue weighted by Crippen LogP contribution is -2.16. The number of amides is 1. The molecule has 0 aliphatic carbocycles. The Morgan fingerprint density at radius 1 is 1.30 bits per heavy atom. The van der Waals surface area contributed by atoms with E-state index >= 15 is 0 Å². The molecule has 0 bridgehead atoms. The Labute approximate surface area is 139 Å². The molecule has 0 saturated carbocycles. The fourth-order valence-electron chi connectivity index (χ4n) is 1.30. The highest BCUT2D eigenvalue weighted by atomic mass is 79.9. The molecule has 1 aromatic carbocycles. The number of rotatable bonds is 3. The largest absolute Gasteiger partial charge is 0.507 e. The van der Waals surface area contributed by atoms with E-state index in [1.54, 1.807) is 12.1 Å². The summed E-state index contributed by atoms with van der Waals surface area (Å²) in [5, 5.41) is 13.4. The van der Waals surface area contributed by atoms with Crippen molar-refractivity contribution in [2.75, 3.05) is 0 Å². The Morgan fingerprint density at radius 2 is 2.05 bits per heavy atom. The maximum atomic E-state index is 11.7. The van der Waals surface area contributed by atoms with E-state index in [2.05, 4.69) is 58.3 Å². The molecule has 0 radical (unpaired) electrons. The first-order valence-electron chi connectivity index (χ1n) is 5.24. The van der Waals surface area contributed by atoms with E-state index in [1.807, 2.05) is 0 Å². The Balaban J connectivity index is 2.04. The van der Waals surface area contributed by atoms with Crippen LogP contribution in [0.25, 0.3) is 0 Å². The molecule has 0 atom stereocenters. The van der Waals surface area contributed by atoms with Crippen molar-refractivity contribution in [2.45, 2.75) is 0 Å². The monoisotopic (exact) mass is 464 g/mol. The van der Waals surface area contributed by atoms with Crippen LogP contribution in [0.3, 0.4) is 0 Å². The van der Waals surface area contributed by atoms with Crippen LogP contribution >= 0.6 is 47.8 Å². The predicted octanol–water partition coefficient (Wildman–Crippen LogP) is 4.04. The molecule has 1 heterocycles. The number of hydrogen-bond donors (Lipinski definition) is 2. The van der Waals surface area contributed by atoms with Gasteiger partial charge in [-0.3, -0.25) is 4.79 Å². The van der Waals surface area contributed by atoms with E-state index in [4.69, 9.17) is 4.42 Å². The SMILES string of the molecule is O=C(N/N=C/c1ccc(Br)cc1O)c1cc(Br)c(Br)o1. The van der Waals surface area contributed by atoms with E-state index in [-0.39, 0.29) is 11.5 Å². The zero-order chi connectivity index (χ0) is 14.7. The number of nitrogens with one attached hydrogen (secondary N) is 1. The second-order valence-corrected chi connectivity index (χ2v) is 6.12. The topological polar surface area (TPSA) is 74.8 Å². The smallest absolute Gasteiger partial charge is 0.307 e. The van der Waals surface area contributed by atoms with Crippen LogP contribution in [0.2, 0.25) is 0 Å². The Bertz CT molecular complexity index is 663. The van der Waals surface area contributed by atoms with E-state index in [0.717, 1.165) is 4.47 Å². The lowest BCUT2D eigenvalue weighted by Gasteiger charge is -1.99. The number of phenolic OH excluding ortho intramolecular Hbond substituents is 1. The summed E-state index contributed by atoms with van der Waals surface area (Å²) in [6.07, 6.45) is 1.34. The van der Waals surface area contributed by atoms with Gasteiger partial charge in [-0.05, 0) is 50.1 Å². The normalized spacial score (nSPS) is 10.9. The Morgan fingerprint density at radius 3 is 2.65 bits per heavy atom. The highest BCUT2D eigenvalue weighted by Crippen LogP contribution is 2.26. The number of nitrogens with zero attached hydrogens (tertiary/aromatic N) is 1. The molecule has 0 saturated heterocycles. The molecule has 0 aliphatic heterocycles. The summed E-state index contributed by atoms with van der Waals surface area (Å²) < 4.78 is 6.96. The molecule has 1 amide bonds. The van der Waals surface area contributed by atoms with Crippen molar-refractivity contribution in [1.29, 1.82) is 0 Å². The summed E-state index contributed by atoms with van der Waals surface area (Å²) in [5.41, 5.74) is 2.78. The molecule has 20 heavy (non-hydrogen) atoms. The molecule has 104 valence electrons. The fraction of sp³-hybridized carbons (Fsp3) is 0. The molecule has 0 fully saturated rings. The summed E-state index contributed by atoms with van der Waals surface area (Å²) in [6.45, 7) is 0. The lowest BCUT2D eigenvalue weighted by molar-refractivity contribution is 0.0926. The third-order valence-corrected chi connectivity index (χ3v) is 4.43. The van der Waals surface area contributed by atoms with Gasteiger partial charge in [0.25, 0.3) is 0 Å². The number of hydrazone groups is 1. The van der Waals surface area contributed by atoms with Crippen molar-refractivity contribution in [3.63, 3.8) is 0 Å². The van der Waals surface area contributed by atoms with Crippen LogP contribution in [-0.2, 0) is 0 Å². The number of phenols is 1. The van der Waals surface area contributed by atoms with Gasteiger partial charge in [-0.25, -0.2) is 5.43 Å². The minimum Gasteiger partial charge on any atom is -0.507 e. The van der Waals surface area contributed by atoms with Crippen LogP contribution in [0.15, 0.2) is 47.4 Å². The molecule has 0 aliphatic rings. The van der Waals surface area contributed by atoms with Gasteiger partial charge < -0.3 is 9.52 Å². The number of carbonyl (C=O) groups excluding carboxylic acids is 1. The summed E-state index contributed by atoms with van der Waals surface area (Å²) >= 11 is 9.58. The molecule has 1 aromatic heterocycles. The number of hydrogen-bond acceptors (Lipinski definition) is 4. The minimum absolute atomic E-state index is 0.0564. The number of carbonyl (C=O) groups is 1. The lowest BCUT2D eigenvalue weighted by atomic mass is 10.2. The van der Waals surface area contributed by atoms with Gasteiger partial charge in [0.1, 0.15) is 5.75 Å². The van der Waals surface area contributed by atoms with Crippen LogP contribution in [0.5, 0.6) is 5.75 Å². The van der Waals surface area contributed by atoms with Crippen LogP contribution in [-0.4, -0.2) is 17.2 Å². The maximum absolute atomic E-state index is 11.7. The molecule has 0 unspecified atom stereocenters. The van der Waals surface area contributed by atoms with Gasteiger partial charge in [-0.15, -0.1) is 0 Å². The highest BCUT2D eigenvalue weighted by molar-refractivity contribution is 9.13. The standard InChI is InChI=1S/C12H7Br3N2O3/c13-7-2-1-6(9(18)3-7)5-16-17-12(19)10-4-8(14)11(15)20-10/h1-5,18H,(H,17,19)/b16-5+. The van der Waals surface area contributed by atoms with Gasteiger partial charge in [0.05, 0.1) is 10.7 Å². The molecule has 2 N–H and O–H groups in total. The van der Waals surface area contributed by atoms with Crippen LogP contribution in [0, 0.1) is 0 Å². The van der Waals surface area contributed by atoms with Gasteiger partial charge in [0.2, 0.25) is 0 Å². The third kappa shape index (κ3) is 3.71. The van der Waals surface area contributed by atoms with Crippen LogP contribution in [0.1, 0.15) is 16.1 Å². The number of halogens is 3. The zero-order valence-corrected chi connectivity index (χ0v) is 14.5. The van der Waals surface area contributed by atoms with Crippen molar-refractivity contribution >= 4 is 59.9 Å². The van der Waals surface area contributed by atoms with E-state index in [9.17, 15) is 9.90 Å². The summed E-state index contributed by atoms with van der Waals surface area (Å²) in [7, 11) is 0. The van der Waals surface area contributed by atoms with E-state index in [1.165, 1.54) is 18.3 Å². The molecule has 0 spiro atoms. The average Bonchev–Trinajstić information content (AvgIpc) is 2.72. The first-order chi connectivity index (χ1) is 9.47. The molecule has 2 aromatic rings. The predicted molar refractivity (Wildman–Crippen MR) is 85.0 cm³/mol. The molecular formula is C12H7Br3N2O3. The van der Waals surface area contributed by atoms with Gasteiger partial charge in [-0.1, -0.05) is 15.9 Å². The molecular weight excluding hydrogens is 460 g/mol. The molecule has 8 heteroatoms. The second kappa shape index (κ2) is 6.55. The van der Waals surface area contributed by atoms with Crippen LogP contribution in [0.4, 0.5) is 0 Å². The number of benzene rings is 1. The summed E-state index contributed by atoms with van der Waals surface area (Å²) in [5.74, 6) is -0.328. The highest BCUT2D eigenvalue weighted by Gasteiger charge is 2.13. The number of aromatic hydroxyl groups is 1. The van der Waals surface area contributed by atoms with Crippen molar-refractivity contribution < 1.29 is 14.3 Å². The number of furan rings is 1. The van der Waals surface area contributed by atoms with Gasteiger partial charge >= 0.3 is 5.91 Å². The third-order valence-electron chi connectivity index (χ3n) is 2.23. The average molecular weight is 467 g/mol. The summed E-state index contributed by atoms with van der Waals surface area (Å²) in [4.78, 5) is 11.7. The van der Waals surface area contributed by atoms with E-state index < -0.39 is 5.91 Å². The van der Waals surface area contributed by atoms with Crippen molar-refractivity contribution in [1.82, 2.24) is 5.43 Å². The molecule has 2 rings (SSSR count). The van der Waals surface area contributed by atoms with Gasteiger partial charge in [0, 0.05) is 16.1 Å². The van der Waals surface area contributed by atoms with Gasteiger partial charge in [-0.2, -0.15) is 5.10 Å². The first-order valence-corrected chi connectivity index (χ1v) is 7.62. The zero-order valence-electron chi connectivity index (χ0n) is 9.73.